The van der Waals surface area contributed by atoms with Gasteiger partial charge in [0.1, 0.15) is 0 Å². The highest BCUT2D eigenvalue weighted by atomic mass is 15.2. The standard InChI is InChI=1S/C5H11N3/c1-2-4-3-7-5(6)8-4/h4H,2-3H2,1H3,(H3,6,7,8). The molecular formula is C5H11N3. The molecule has 3 heteroatoms. The maximum Gasteiger partial charge on any atom is 0.188 e. The van der Waals surface area contributed by atoms with Crippen molar-refractivity contribution in [1.82, 2.24) is 10.6 Å². The first-order valence-corrected chi connectivity index (χ1v) is 2.92. The molecule has 1 unspecified atom stereocenters. The van der Waals surface area contributed by atoms with Crippen LogP contribution in [0.5, 0.6) is 0 Å². The van der Waals surface area contributed by atoms with Crippen LogP contribution in [0.4, 0.5) is 0 Å². The van der Waals surface area contributed by atoms with Gasteiger partial charge in [0.05, 0.1) is 0 Å². The average molecular weight is 113 g/mol. The molecule has 0 radical (unpaired) electrons. The third-order valence-corrected chi connectivity index (χ3v) is 1.37. The van der Waals surface area contributed by atoms with Gasteiger partial charge in [-0.25, -0.2) is 0 Å². The Labute approximate surface area is 49.0 Å². The van der Waals surface area contributed by atoms with E-state index in [0.717, 1.165) is 13.0 Å². The second-order valence-corrected chi connectivity index (χ2v) is 2.01. The Bertz CT molecular complexity index is 99.8. The fourth-order valence-corrected chi connectivity index (χ4v) is 0.778. The summed E-state index contributed by atoms with van der Waals surface area (Å²) < 4.78 is 0. The summed E-state index contributed by atoms with van der Waals surface area (Å²) in [6, 6.07) is 0.488. The van der Waals surface area contributed by atoms with Gasteiger partial charge in [-0.05, 0) is 6.42 Å². The molecule has 1 aliphatic rings. The number of nitrogens with one attached hydrogen (secondary N) is 3. The van der Waals surface area contributed by atoms with Crippen LogP contribution in [0.25, 0.3) is 0 Å². The van der Waals surface area contributed by atoms with E-state index in [-0.39, 0.29) is 0 Å². The molecule has 3 nitrogen and oxygen atoms in total. The molecule has 1 aliphatic heterocycles. The molecule has 8 heavy (non-hydrogen) atoms. The molecule has 1 saturated heterocycles. The van der Waals surface area contributed by atoms with E-state index in [4.69, 9.17) is 5.41 Å². The molecule has 1 heterocycles. The Balaban J connectivity index is 2.32. The van der Waals surface area contributed by atoms with Gasteiger partial charge in [-0.2, -0.15) is 0 Å². The van der Waals surface area contributed by atoms with Gasteiger partial charge < -0.3 is 10.6 Å². The highest BCUT2D eigenvalue weighted by Crippen LogP contribution is 1.92. The number of guanidine groups is 1. The predicted octanol–water partition coefficient (Wildman–Crippen LogP) is -0.107. The van der Waals surface area contributed by atoms with E-state index in [1.165, 1.54) is 0 Å². The third-order valence-electron chi connectivity index (χ3n) is 1.37. The number of hydrogen-bond donors (Lipinski definition) is 3. The zero-order valence-corrected chi connectivity index (χ0v) is 4.99. The van der Waals surface area contributed by atoms with Crippen molar-refractivity contribution in [3.05, 3.63) is 0 Å². The lowest BCUT2D eigenvalue weighted by atomic mass is 10.2. The second-order valence-electron chi connectivity index (χ2n) is 2.01. The average Bonchev–Trinajstić information content (AvgIpc) is 2.14. The SMILES string of the molecule is CCC1CNC(=N)N1. The molecule has 0 aromatic carbocycles. The van der Waals surface area contributed by atoms with Gasteiger partial charge in [-0.1, -0.05) is 6.92 Å². The van der Waals surface area contributed by atoms with Gasteiger partial charge in [-0.15, -0.1) is 0 Å². The first-order valence-electron chi connectivity index (χ1n) is 2.92. The van der Waals surface area contributed by atoms with Crippen molar-refractivity contribution in [2.75, 3.05) is 6.54 Å². The maximum atomic E-state index is 7.06. The largest absolute Gasteiger partial charge is 0.355 e. The van der Waals surface area contributed by atoms with Crippen LogP contribution in [-0.2, 0) is 0 Å². The summed E-state index contributed by atoms with van der Waals surface area (Å²) in [5.41, 5.74) is 0. The van der Waals surface area contributed by atoms with Crippen LogP contribution in [0.2, 0.25) is 0 Å². The van der Waals surface area contributed by atoms with Crippen molar-refractivity contribution in [3.63, 3.8) is 0 Å². The Morgan fingerprint density at radius 1 is 1.88 bits per heavy atom. The minimum absolute atomic E-state index is 0.469. The molecule has 1 fully saturated rings. The lowest BCUT2D eigenvalue weighted by Crippen LogP contribution is -2.26. The Kier molecular flexibility index (Phi) is 1.37. The van der Waals surface area contributed by atoms with Crippen LogP contribution in [0.3, 0.4) is 0 Å². The van der Waals surface area contributed by atoms with Gasteiger partial charge in [0.2, 0.25) is 0 Å². The van der Waals surface area contributed by atoms with Crippen molar-refractivity contribution in [2.24, 2.45) is 0 Å². The summed E-state index contributed by atoms with van der Waals surface area (Å²) in [6.45, 7) is 3.02. The van der Waals surface area contributed by atoms with Crippen LogP contribution in [0, 0.1) is 5.41 Å². The Morgan fingerprint density at radius 2 is 2.62 bits per heavy atom. The van der Waals surface area contributed by atoms with E-state index >= 15 is 0 Å². The van der Waals surface area contributed by atoms with Crippen LogP contribution >= 0.6 is 0 Å². The number of rotatable bonds is 1. The molecule has 46 valence electrons. The molecular weight excluding hydrogens is 102 g/mol. The summed E-state index contributed by atoms with van der Waals surface area (Å²) in [7, 11) is 0. The van der Waals surface area contributed by atoms with Crippen molar-refractivity contribution in [1.29, 1.82) is 5.41 Å². The van der Waals surface area contributed by atoms with Crippen LogP contribution in [0.15, 0.2) is 0 Å². The first-order chi connectivity index (χ1) is 3.83. The van der Waals surface area contributed by atoms with E-state index in [9.17, 15) is 0 Å². The second kappa shape index (κ2) is 2.03. The van der Waals surface area contributed by atoms with Crippen LogP contribution < -0.4 is 10.6 Å². The molecule has 0 saturated carbocycles. The van der Waals surface area contributed by atoms with E-state index in [2.05, 4.69) is 17.6 Å². The molecule has 0 aromatic rings. The van der Waals surface area contributed by atoms with Gasteiger partial charge in [0.25, 0.3) is 0 Å². The molecule has 0 aliphatic carbocycles. The third kappa shape index (κ3) is 0.911. The lowest BCUT2D eigenvalue weighted by molar-refractivity contribution is 0.634. The Hall–Kier alpha value is -0.730. The van der Waals surface area contributed by atoms with Gasteiger partial charge >= 0.3 is 0 Å². The van der Waals surface area contributed by atoms with Crippen molar-refractivity contribution in [2.45, 2.75) is 19.4 Å². The lowest BCUT2D eigenvalue weighted by Gasteiger charge is -2.01. The Morgan fingerprint density at radius 3 is 2.88 bits per heavy atom. The van der Waals surface area contributed by atoms with Gasteiger partial charge in [0.15, 0.2) is 5.96 Å². The highest BCUT2D eigenvalue weighted by molar-refractivity contribution is 5.78. The van der Waals surface area contributed by atoms with E-state index in [1.807, 2.05) is 0 Å². The smallest absolute Gasteiger partial charge is 0.188 e. The highest BCUT2D eigenvalue weighted by Gasteiger charge is 2.13. The minimum Gasteiger partial charge on any atom is -0.355 e. The van der Waals surface area contributed by atoms with E-state index in [0.29, 0.717) is 12.0 Å². The van der Waals surface area contributed by atoms with Gasteiger partial charge in [0, 0.05) is 12.6 Å². The topological polar surface area (TPSA) is 47.9 Å². The van der Waals surface area contributed by atoms with Crippen LogP contribution in [-0.4, -0.2) is 18.5 Å². The fourth-order valence-electron chi connectivity index (χ4n) is 0.778. The molecule has 0 amide bonds. The molecule has 0 aromatic heterocycles. The summed E-state index contributed by atoms with van der Waals surface area (Å²) in [6.07, 6.45) is 1.09. The molecule has 0 spiro atoms. The van der Waals surface area contributed by atoms with E-state index in [1.54, 1.807) is 0 Å². The maximum absolute atomic E-state index is 7.06. The summed E-state index contributed by atoms with van der Waals surface area (Å²) in [4.78, 5) is 0. The minimum atomic E-state index is 0.469. The van der Waals surface area contributed by atoms with E-state index < -0.39 is 0 Å². The normalized spacial score (nSPS) is 27.1. The fraction of sp³-hybridized carbons (Fsp3) is 0.800. The molecule has 1 rings (SSSR count). The van der Waals surface area contributed by atoms with Gasteiger partial charge in [-0.3, -0.25) is 5.41 Å². The van der Waals surface area contributed by atoms with Crippen molar-refractivity contribution in [3.8, 4) is 0 Å². The number of hydrogen-bond acceptors (Lipinski definition) is 1. The monoisotopic (exact) mass is 113 g/mol. The quantitative estimate of drug-likeness (QED) is 0.444. The van der Waals surface area contributed by atoms with Crippen molar-refractivity contribution >= 4 is 5.96 Å². The zero-order chi connectivity index (χ0) is 5.98. The summed E-state index contributed by atoms with van der Waals surface area (Å²) >= 11 is 0. The summed E-state index contributed by atoms with van der Waals surface area (Å²) in [5, 5.41) is 12.9. The first kappa shape index (κ1) is 5.41. The summed E-state index contributed by atoms with van der Waals surface area (Å²) in [5.74, 6) is 0.469. The van der Waals surface area contributed by atoms with Crippen molar-refractivity contribution < 1.29 is 0 Å². The molecule has 3 N–H and O–H groups in total. The molecule has 0 bridgehead atoms. The zero-order valence-electron chi connectivity index (χ0n) is 4.99. The predicted molar refractivity (Wildman–Crippen MR) is 32.9 cm³/mol. The molecule has 1 atom stereocenters. The van der Waals surface area contributed by atoms with Crippen LogP contribution in [0.1, 0.15) is 13.3 Å².